The maximum atomic E-state index is 12.9. The summed E-state index contributed by atoms with van der Waals surface area (Å²) >= 11 is 0. The van der Waals surface area contributed by atoms with E-state index in [-0.39, 0.29) is 18.0 Å². The molecule has 0 saturated carbocycles. The second-order valence-corrected chi connectivity index (χ2v) is 6.75. The van der Waals surface area contributed by atoms with Crippen molar-refractivity contribution in [1.29, 1.82) is 0 Å². The maximum absolute atomic E-state index is 12.9. The number of benzene rings is 2. The Labute approximate surface area is 169 Å². The number of aromatic nitrogens is 2. The second-order valence-electron chi connectivity index (χ2n) is 6.75. The second kappa shape index (κ2) is 8.77. The number of para-hydroxylation sites is 1. The minimum Gasteiger partial charge on any atom is -0.493 e. The number of likely N-dealkylation sites (N-methyl/N-ethyl adjacent to an activating group) is 1. The molecule has 3 aromatic rings. The number of carbonyl (C=O) groups excluding carboxylic acids is 1. The third-order valence-electron chi connectivity index (χ3n) is 4.92. The van der Waals surface area contributed by atoms with E-state index in [1.165, 1.54) is 10.9 Å². The minimum absolute atomic E-state index is 0.0587. The van der Waals surface area contributed by atoms with Crippen LogP contribution in [0.1, 0.15) is 18.1 Å². The van der Waals surface area contributed by atoms with Gasteiger partial charge in [0.1, 0.15) is 6.54 Å². The Morgan fingerprint density at radius 1 is 1.14 bits per heavy atom. The van der Waals surface area contributed by atoms with Crippen LogP contribution in [0.3, 0.4) is 0 Å². The lowest BCUT2D eigenvalue weighted by molar-refractivity contribution is -0.132. The SMILES string of the molecule is CCN(Cc1ccc(OC)c(OC)c1)C(=O)Cn1cnc2c(C)cccc2c1=O. The van der Waals surface area contributed by atoms with E-state index in [1.807, 2.05) is 44.2 Å². The highest BCUT2D eigenvalue weighted by Gasteiger charge is 2.16. The lowest BCUT2D eigenvalue weighted by Crippen LogP contribution is -2.36. The molecule has 0 aliphatic carbocycles. The predicted octanol–water partition coefficient (Wildman–Crippen LogP) is 2.77. The number of amides is 1. The Morgan fingerprint density at radius 3 is 2.59 bits per heavy atom. The number of nitrogens with zero attached hydrogens (tertiary/aromatic N) is 3. The number of fused-ring (bicyclic) bond motifs is 1. The molecule has 0 fully saturated rings. The van der Waals surface area contributed by atoms with Crippen LogP contribution < -0.4 is 15.0 Å². The molecule has 0 radical (unpaired) electrons. The Bertz CT molecular complexity index is 1090. The summed E-state index contributed by atoms with van der Waals surface area (Å²) in [6.07, 6.45) is 1.44. The zero-order valence-corrected chi connectivity index (χ0v) is 17.1. The van der Waals surface area contributed by atoms with Gasteiger partial charge >= 0.3 is 0 Å². The number of carbonyl (C=O) groups is 1. The van der Waals surface area contributed by atoms with Crippen LogP contribution in [0, 0.1) is 6.92 Å². The van der Waals surface area contributed by atoms with Gasteiger partial charge in [-0.15, -0.1) is 0 Å². The van der Waals surface area contributed by atoms with Crippen LogP contribution in [-0.4, -0.2) is 41.1 Å². The molecule has 0 bridgehead atoms. The first-order valence-corrected chi connectivity index (χ1v) is 9.42. The van der Waals surface area contributed by atoms with Crippen molar-refractivity contribution in [3.8, 4) is 11.5 Å². The van der Waals surface area contributed by atoms with E-state index in [1.54, 1.807) is 25.2 Å². The molecule has 29 heavy (non-hydrogen) atoms. The average Bonchev–Trinajstić information content (AvgIpc) is 2.74. The summed E-state index contributed by atoms with van der Waals surface area (Å²) in [5.74, 6) is 1.09. The van der Waals surface area contributed by atoms with E-state index in [4.69, 9.17) is 9.47 Å². The van der Waals surface area contributed by atoms with Crippen molar-refractivity contribution in [1.82, 2.24) is 14.5 Å². The number of rotatable bonds is 7. The molecule has 0 aliphatic rings. The molecular formula is C22H25N3O4. The molecule has 0 atom stereocenters. The summed E-state index contributed by atoms with van der Waals surface area (Å²) in [6, 6.07) is 11.0. The van der Waals surface area contributed by atoms with Crippen molar-refractivity contribution in [2.75, 3.05) is 20.8 Å². The number of methoxy groups -OCH3 is 2. The van der Waals surface area contributed by atoms with Crippen LogP contribution in [0.15, 0.2) is 47.5 Å². The van der Waals surface area contributed by atoms with Crippen LogP contribution in [0.2, 0.25) is 0 Å². The van der Waals surface area contributed by atoms with Gasteiger partial charge in [0.2, 0.25) is 5.91 Å². The molecule has 1 heterocycles. The molecule has 0 unspecified atom stereocenters. The van der Waals surface area contributed by atoms with E-state index in [9.17, 15) is 9.59 Å². The number of ether oxygens (including phenoxy) is 2. The van der Waals surface area contributed by atoms with Gasteiger partial charge in [-0.05, 0) is 43.2 Å². The molecule has 0 spiro atoms. The summed E-state index contributed by atoms with van der Waals surface area (Å²) < 4.78 is 11.9. The first kappa shape index (κ1) is 20.4. The molecule has 3 rings (SSSR count). The lowest BCUT2D eigenvalue weighted by Gasteiger charge is -2.22. The summed E-state index contributed by atoms with van der Waals surface area (Å²) in [6.45, 7) is 4.68. The molecular weight excluding hydrogens is 370 g/mol. The highest BCUT2D eigenvalue weighted by Crippen LogP contribution is 2.28. The Balaban J connectivity index is 1.81. The Kier molecular flexibility index (Phi) is 6.16. The van der Waals surface area contributed by atoms with Crippen LogP contribution in [0.5, 0.6) is 11.5 Å². The Morgan fingerprint density at radius 2 is 1.90 bits per heavy atom. The number of hydrogen-bond acceptors (Lipinski definition) is 5. The maximum Gasteiger partial charge on any atom is 0.261 e. The molecule has 152 valence electrons. The fourth-order valence-corrected chi connectivity index (χ4v) is 3.27. The van der Waals surface area contributed by atoms with E-state index in [2.05, 4.69) is 4.98 Å². The van der Waals surface area contributed by atoms with Gasteiger partial charge in [-0.1, -0.05) is 18.2 Å². The van der Waals surface area contributed by atoms with E-state index >= 15 is 0 Å². The average molecular weight is 395 g/mol. The van der Waals surface area contributed by atoms with E-state index in [0.717, 1.165) is 11.1 Å². The van der Waals surface area contributed by atoms with Gasteiger partial charge in [-0.2, -0.15) is 0 Å². The summed E-state index contributed by atoms with van der Waals surface area (Å²) in [5, 5.41) is 0.517. The molecule has 0 N–H and O–H groups in total. The fraction of sp³-hybridized carbons (Fsp3) is 0.318. The zero-order valence-electron chi connectivity index (χ0n) is 17.1. The van der Waals surface area contributed by atoms with Crippen molar-refractivity contribution >= 4 is 16.8 Å². The van der Waals surface area contributed by atoms with E-state index < -0.39 is 0 Å². The van der Waals surface area contributed by atoms with Crippen molar-refractivity contribution in [3.63, 3.8) is 0 Å². The van der Waals surface area contributed by atoms with Crippen molar-refractivity contribution in [2.24, 2.45) is 0 Å². The Hall–Kier alpha value is -3.35. The molecule has 7 heteroatoms. The standard InChI is InChI=1S/C22H25N3O4/c1-5-24(12-16-9-10-18(28-3)19(11-16)29-4)20(26)13-25-14-23-21-15(2)7-6-8-17(21)22(25)27/h6-11,14H,5,12-13H2,1-4H3. The van der Waals surface area contributed by atoms with Gasteiger partial charge in [0, 0.05) is 13.1 Å². The quantitative estimate of drug-likeness (QED) is 0.615. The molecule has 1 amide bonds. The minimum atomic E-state index is -0.214. The number of hydrogen-bond donors (Lipinski definition) is 0. The summed E-state index contributed by atoms with van der Waals surface area (Å²) in [7, 11) is 3.15. The van der Waals surface area contributed by atoms with Gasteiger partial charge in [-0.25, -0.2) is 4.98 Å². The van der Waals surface area contributed by atoms with Gasteiger partial charge in [0.25, 0.3) is 5.56 Å². The van der Waals surface area contributed by atoms with Crippen LogP contribution >= 0.6 is 0 Å². The molecule has 7 nitrogen and oxygen atoms in total. The summed E-state index contributed by atoms with van der Waals surface area (Å²) in [4.78, 5) is 31.7. The first-order chi connectivity index (χ1) is 14.0. The highest BCUT2D eigenvalue weighted by atomic mass is 16.5. The normalized spacial score (nSPS) is 10.8. The molecule has 0 saturated heterocycles. The van der Waals surface area contributed by atoms with Gasteiger partial charge < -0.3 is 14.4 Å². The lowest BCUT2D eigenvalue weighted by atomic mass is 10.1. The zero-order chi connectivity index (χ0) is 21.0. The van der Waals surface area contributed by atoms with Crippen molar-refractivity contribution < 1.29 is 14.3 Å². The smallest absolute Gasteiger partial charge is 0.261 e. The molecule has 2 aromatic carbocycles. The molecule has 1 aromatic heterocycles. The monoisotopic (exact) mass is 395 g/mol. The highest BCUT2D eigenvalue weighted by molar-refractivity contribution is 5.81. The van der Waals surface area contributed by atoms with Gasteiger partial charge in [0.05, 0.1) is 31.4 Å². The number of aryl methyl sites for hydroxylation is 1. The van der Waals surface area contributed by atoms with Crippen LogP contribution in [0.25, 0.3) is 10.9 Å². The third-order valence-corrected chi connectivity index (χ3v) is 4.92. The topological polar surface area (TPSA) is 73.7 Å². The van der Waals surface area contributed by atoms with Crippen LogP contribution in [-0.2, 0) is 17.9 Å². The first-order valence-electron chi connectivity index (χ1n) is 9.42. The molecule has 0 aliphatic heterocycles. The van der Waals surface area contributed by atoms with Gasteiger partial charge in [0.15, 0.2) is 11.5 Å². The van der Waals surface area contributed by atoms with Crippen LogP contribution in [0.4, 0.5) is 0 Å². The summed E-state index contributed by atoms with van der Waals surface area (Å²) in [5.41, 5.74) is 2.30. The van der Waals surface area contributed by atoms with Gasteiger partial charge in [-0.3, -0.25) is 14.2 Å². The predicted molar refractivity (Wildman–Crippen MR) is 111 cm³/mol. The van der Waals surface area contributed by atoms with Crippen molar-refractivity contribution in [2.45, 2.75) is 26.9 Å². The van der Waals surface area contributed by atoms with E-state index in [0.29, 0.717) is 35.5 Å². The van der Waals surface area contributed by atoms with Crippen molar-refractivity contribution in [3.05, 3.63) is 64.2 Å². The fourth-order valence-electron chi connectivity index (χ4n) is 3.27. The third kappa shape index (κ3) is 4.23. The largest absolute Gasteiger partial charge is 0.493 e.